The van der Waals surface area contributed by atoms with E-state index in [1.165, 1.54) is 0 Å². The van der Waals surface area contributed by atoms with Gasteiger partial charge in [-0.2, -0.15) is 0 Å². The summed E-state index contributed by atoms with van der Waals surface area (Å²) in [6.07, 6.45) is 0. The van der Waals surface area contributed by atoms with Crippen molar-refractivity contribution in [1.82, 2.24) is 10.2 Å². The van der Waals surface area contributed by atoms with Crippen molar-refractivity contribution in [3.05, 3.63) is 96.6 Å². The van der Waals surface area contributed by atoms with Crippen LogP contribution in [0.25, 0.3) is 10.8 Å². The molecule has 4 aromatic carbocycles. The molecule has 0 bridgehead atoms. The van der Waals surface area contributed by atoms with Crippen LogP contribution in [0.1, 0.15) is 12.5 Å². The van der Waals surface area contributed by atoms with Crippen LogP contribution in [0, 0.1) is 0 Å². The van der Waals surface area contributed by atoms with E-state index in [1.54, 1.807) is 56.5 Å². The highest BCUT2D eigenvalue weighted by molar-refractivity contribution is 6.10. The Kier molecular flexibility index (Phi) is 6.23. The minimum Gasteiger partial charge on any atom is -0.497 e. The molecule has 1 fully saturated rings. The quantitative estimate of drug-likeness (QED) is 0.350. The van der Waals surface area contributed by atoms with Gasteiger partial charge in [-0.05, 0) is 65.7 Å². The van der Waals surface area contributed by atoms with Crippen molar-refractivity contribution in [2.24, 2.45) is 0 Å². The largest absolute Gasteiger partial charge is 0.497 e. The lowest BCUT2D eigenvalue weighted by molar-refractivity contribution is -0.133. The van der Waals surface area contributed by atoms with E-state index in [2.05, 4.69) is 10.6 Å². The third-order valence-corrected chi connectivity index (χ3v) is 6.33. The second-order valence-corrected chi connectivity index (χ2v) is 8.83. The zero-order valence-electron chi connectivity index (χ0n) is 20.4. The maximum absolute atomic E-state index is 13.4. The van der Waals surface area contributed by atoms with Crippen molar-refractivity contribution in [2.45, 2.75) is 12.5 Å². The van der Waals surface area contributed by atoms with Crippen LogP contribution in [0.15, 0.2) is 91.0 Å². The normalized spacial score (nSPS) is 17.0. The van der Waals surface area contributed by atoms with Gasteiger partial charge < -0.3 is 20.1 Å². The van der Waals surface area contributed by atoms with Gasteiger partial charge in [-0.15, -0.1) is 0 Å². The summed E-state index contributed by atoms with van der Waals surface area (Å²) < 4.78 is 11.2. The van der Waals surface area contributed by atoms with E-state index >= 15 is 0 Å². The first-order valence-electron chi connectivity index (χ1n) is 11.7. The first-order valence-corrected chi connectivity index (χ1v) is 11.7. The van der Waals surface area contributed by atoms with Crippen molar-refractivity contribution >= 4 is 34.3 Å². The number of methoxy groups -OCH3 is 1. The minimum atomic E-state index is -1.31. The van der Waals surface area contributed by atoms with Gasteiger partial charge in [0.25, 0.3) is 5.91 Å². The molecule has 4 aromatic rings. The molecular formula is C29H25N3O5. The van der Waals surface area contributed by atoms with Gasteiger partial charge in [0.15, 0.2) is 5.75 Å². The van der Waals surface area contributed by atoms with Crippen LogP contribution in [0.2, 0.25) is 0 Å². The molecule has 1 aliphatic heterocycles. The van der Waals surface area contributed by atoms with E-state index in [1.807, 2.05) is 48.5 Å². The molecule has 4 amide bonds. The molecule has 8 heteroatoms. The Morgan fingerprint density at radius 1 is 0.892 bits per heavy atom. The molecule has 0 spiro atoms. The summed E-state index contributed by atoms with van der Waals surface area (Å²) in [5.41, 5.74) is -0.260. The molecule has 186 valence electrons. The van der Waals surface area contributed by atoms with Gasteiger partial charge in [-0.1, -0.05) is 48.5 Å². The van der Waals surface area contributed by atoms with E-state index < -0.39 is 29.9 Å². The van der Waals surface area contributed by atoms with Gasteiger partial charge in [-0.3, -0.25) is 14.5 Å². The highest BCUT2D eigenvalue weighted by Gasteiger charge is 2.49. The summed E-state index contributed by atoms with van der Waals surface area (Å²) in [4.78, 5) is 40.0. The molecule has 0 saturated carbocycles. The maximum Gasteiger partial charge on any atom is 0.325 e. The lowest BCUT2D eigenvalue weighted by Crippen LogP contribution is -2.42. The number of imide groups is 1. The monoisotopic (exact) mass is 495 g/mol. The molecule has 8 nitrogen and oxygen atoms in total. The van der Waals surface area contributed by atoms with Gasteiger partial charge in [0.05, 0.1) is 12.8 Å². The van der Waals surface area contributed by atoms with Crippen molar-refractivity contribution in [3.8, 4) is 17.2 Å². The lowest BCUT2D eigenvalue weighted by atomic mass is 9.90. The minimum absolute atomic E-state index is 0.427. The summed E-state index contributed by atoms with van der Waals surface area (Å²) in [5, 5.41) is 7.34. The molecule has 5 rings (SSSR count). The van der Waals surface area contributed by atoms with E-state index in [0.29, 0.717) is 22.7 Å². The van der Waals surface area contributed by atoms with Crippen molar-refractivity contribution < 1.29 is 23.9 Å². The van der Waals surface area contributed by atoms with Gasteiger partial charge in [0.1, 0.15) is 23.6 Å². The van der Waals surface area contributed by atoms with Crippen LogP contribution in [0.5, 0.6) is 17.2 Å². The number of fused-ring (bicyclic) bond motifs is 1. The second kappa shape index (κ2) is 9.66. The average molecular weight is 496 g/mol. The number of para-hydroxylation sites is 3. The summed E-state index contributed by atoms with van der Waals surface area (Å²) in [7, 11) is 1.60. The number of benzene rings is 4. The number of urea groups is 1. The number of nitrogens with one attached hydrogen (secondary N) is 2. The Labute approximate surface area is 213 Å². The molecule has 37 heavy (non-hydrogen) atoms. The predicted molar refractivity (Wildman–Crippen MR) is 140 cm³/mol. The SMILES string of the molecule is COc1ccc2cc(C3(C)NC(=O)N(CC(=O)Nc4ccccc4Oc4ccccc4)C3=O)ccc2c1. The third-order valence-electron chi connectivity index (χ3n) is 6.33. The van der Waals surface area contributed by atoms with Crippen molar-refractivity contribution in [3.63, 3.8) is 0 Å². The molecule has 0 aliphatic carbocycles. The topological polar surface area (TPSA) is 97.0 Å². The van der Waals surface area contributed by atoms with Crippen LogP contribution < -0.4 is 20.1 Å². The Hall–Kier alpha value is -4.85. The Balaban J connectivity index is 1.32. The number of hydrogen-bond donors (Lipinski definition) is 2. The van der Waals surface area contributed by atoms with Crippen LogP contribution in [-0.2, 0) is 15.1 Å². The van der Waals surface area contributed by atoms with E-state index in [4.69, 9.17) is 9.47 Å². The number of hydrogen-bond acceptors (Lipinski definition) is 5. The fraction of sp³-hybridized carbons (Fsp3) is 0.138. The van der Waals surface area contributed by atoms with Crippen LogP contribution in [-0.4, -0.2) is 36.4 Å². The first kappa shape index (κ1) is 23.9. The molecule has 1 aliphatic rings. The van der Waals surface area contributed by atoms with Crippen LogP contribution in [0.4, 0.5) is 10.5 Å². The molecule has 1 heterocycles. The highest BCUT2D eigenvalue weighted by atomic mass is 16.5. The molecule has 1 saturated heterocycles. The van der Waals surface area contributed by atoms with Crippen LogP contribution >= 0.6 is 0 Å². The maximum atomic E-state index is 13.4. The van der Waals surface area contributed by atoms with Gasteiger partial charge in [0, 0.05) is 0 Å². The standard InChI is InChI=1S/C29H25N3O5/c1-29(21-14-12-20-17-23(36-2)15-13-19(20)16-21)27(34)32(28(35)31-29)18-26(33)30-24-10-6-7-11-25(24)37-22-8-4-3-5-9-22/h3-17H,18H2,1-2H3,(H,30,33)(H,31,35). The summed E-state index contributed by atoms with van der Waals surface area (Å²) in [5.74, 6) is 0.751. The number of nitrogens with zero attached hydrogens (tertiary/aromatic N) is 1. The van der Waals surface area contributed by atoms with Crippen molar-refractivity contribution in [1.29, 1.82) is 0 Å². The van der Waals surface area contributed by atoms with E-state index in [0.717, 1.165) is 21.4 Å². The fourth-order valence-corrected chi connectivity index (χ4v) is 4.31. The number of ether oxygens (including phenoxy) is 2. The zero-order chi connectivity index (χ0) is 26.0. The molecule has 1 atom stereocenters. The number of amides is 4. The lowest BCUT2D eigenvalue weighted by Gasteiger charge is -2.23. The molecular weight excluding hydrogens is 470 g/mol. The van der Waals surface area contributed by atoms with Gasteiger partial charge in [-0.25, -0.2) is 4.79 Å². The van der Waals surface area contributed by atoms with Gasteiger partial charge >= 0.3 is 6.03 Å². The number of carbonyl (C=O) groups excluding carboxylic acids is 3. The Morgan fingerprint density at radius 3 is 2.38 bits per heavy atom. The van der Waals surface area contributed by atoms with Crippen molar-refractivity contribution in [2.75, 3.05) is 19.0 Å². The summed E-state index contributed by atoms with van der Waals surface area (Å²) in [6.45, 7) is 1.20. The second-order valence-electron chi connectivity index (χ2n) is 8.83. The van der Waals surface area contributed by atoms with E-state index in [9.17, 15) is 14.4 Å². The number of carbonyl (C=O) groups is 3. The summed E-state index contributed by atoms with van der Waals surface area (Å²) in [6, 6.07) is 26.6. The fourth-order valence-electron chi connectivity index (χ4n) is 4.31. The summed E-state index contributed by atoms with van der Waals surface area (Å²) >= 11 is 0. The number of anilines is 1. The molecule has 0 radical (unpaired) electrons. The van der Waals surface area contributed by atoms with E-state index in [-0.39, 0.29) is 0 Å². The Morgan fingerprint density at radius 2 is 1.59 bits per heavy atom. The third kappa shape index (κ3) is 4.69. The first-order chi connectivity index (χ1) is 17.9. The smallest absolute Gasteiger partial charge is 0.325 e. The Bertz CT molecular complexity index is 1500. The number of rotatable bonds is 7. The predicted octanol–water partition coefficient (Wildman–Crippen LogP) is 5.05. The molecule has 2 N–H and O–H groups in total. The molecule has 0 aromatic heterocycles. The zero-order valence-corrected chi connectivity index (χ0v) is 20.4. The average Bonchev–Trinajstić information content (AvgIpc) is 3.13. The highest BCUT2D eigenvalue weighted by Crippen LogP contribution is 2.33. The van der Waals surface area contributed by atoms with Crippen LogP contribution in [0.3, 0.4) is 0 Å². The van der Waals surface area contributed by atoms with Gasteiger partial charge in [0.2, 0.25) is 5.91 Å². The molecule has 1 unspecified atom stereocenters.